The van der Waals surface area contributed by atoms with Gasteiger partial charge in [-0.15, -0.1) is 0 Å². The minimum atomic E-state index is -0.214. The smallest absolute Gasteiger partial charge is 0.260 e. The van der Waals surface area contributed by atoms with Crippen molar-refractivity contribution in [3.05, 3.63) is 58.5 Å². The predicted molar refractivity (Wildman–Crippen MR) is 85.1 cm³/mol. The number of ether oxygens (including phenoxy) is 2. The van der Waals surface area contributed by atoms with Crippen LogP contribution < -0.4 is 20.8 Å². The maximum Gasteiger partial charge on any atom is 0.260 e. The molecule has 2 N–H and O–H groups in total. The Morgan fingerprint density at radius 3 is 2.62 bits per heavy atom. The predicted octanol–water partition coefficient (Wildman–Crippen LogP) is 1.57. The average molecular weight is 304 g/mol. The molecular formula is C15H16N2O3S. The number of aromatic nitrogens is 1. The molecule has 110 valence electrons. The highest BCUT2D eigenvalue weighted by molar-refractivity contribution is 7.80. The van der Waals surface area contributed by atoms with Gasteiger partial charge in [-0.1, -0.05) is 24.4 Å². The standard InChI is InChI=1S/C15H16N2O3S/c1-19-12-6-2-3-7-13(12)20-10-9-17-8-4-5-11(14(16)21)15(17)18/h2-8H,9-10H2,1H3,(H2,16,21). The van der Waals surface area contributed by atoms with Crippen LogP contribution in [0.25, 0.3) is 0 Å². The van der Waals surface area contributed by atoms with E-state index in [0.717, 1.165) is 0 Å². The second-order valence-electron chi connectivity index (χ2n) is 4.28. The third-order valence-corrected chi connectivity index (χ3v) is 3.16. The first kappa shape index (κ1) is 15.1. The molecule has 1 heterocycles. The van der Waals surface area contributed by atoms with Crippen LogP contribution >= 0.6 is 12.2 Å². The Morgan fingerprint density at radius 2 is 1.95 bits per heavy atom. The van der Waals surface area contributed by atoms with E-state index in [1.54, 1.807) is 25.4 Å². The van der Waals surface area contributed by atoms with E-state index in [4.69, 9.17) is 27.4 Å². The Bertz CT molecular complexity index is 697. The third kappa shape index (κ3) is 3.61. The van der Waals surface area contributed by atoms with Gasteiger partial charge in [0.1, 0.15) is 11.6 Å². The summed E-state index contributed by atoms with van der Waals surface area (Å²) in [5.74, 6) is 1.29. The van der Waals surface area contributed by atoms with Crippen LogP contribution in [0.1, 0.15) is 5.56 Å². The number of nitrogens with two attached hydrogens (primary N) is 1. The van der Waals surface area contributed by atoms with Gasteiger partial charge >= 0.3 is 0 Å². The van der Waals surface area contributed by atoms with Gasteiger partial charge in [0.15, 0.2) is 11.5 Å². The topological polar surface area (TPSA) is 66.5 Å². The van der Waals surface area contributed by atoms with E-state index in [1.165, 1.54) is 4.57 Å². The number of pyridine rings is 1. The van der Waals surface area contributed by atoms with Crippen LogP contribution in [0.15, 0.2) is 47.4 Å². The van der Waals surface area contributed by atoms with E-state index in [9.17, 15) is 4.79 Å². The SMILES string of the molecule is COc1ccccc1OCCn1cccc(C(N)=S)c1=O. The second kappa shape index (κ2) is 6.90. The summed E-state index contributed by atoms with van der Waals surface area (Å²) in [4.78, 5) is 12.2. The van der Waals surface area contributed by atoms with Gasteiger partial charge in [0.05, 0.1) is 19.2 Å². The van der Waals surface area contributed by atoms with E-state index in [-0.39, 0.29) is 10.5 Å². The summed E-state index contributed by atoms with van der Waals surface area (Å²) in [5, 5.41) is 0. The van der Waals surface area contributed by atoms with Gasteiger partial charge in [-0.3, -0.25) is 4.79 Å². The zero-order valence-electron chi connectivity index (χ0n) is 11.6. The van der Waals surface area contributed by atoms with Crippen LogP contribution in [-0.4, -0.2) is 23.3 Å². The molecule has 1 aromatic heterocycles. The maximum atomic E-state index is 12.1. The van der Waals surface area contributed by atoms with E-state index in [0.29, 0.717) is 30.2 Å². The van der Waals surface area contributed by atoms with Crippen molar-refractivity contribution in [3.63, 3.8) is 0 Å². The van der Waals surface area contributed by atoms with Crippen molar-refractivity contribution in [2.75, 3.05) is 13.7 Å². The monoisotopic (exact) mass is 304 g/mol. The van der Waals surface area contributed by atoms with Crippen LogP contribution in [0, 0.1) is 0 Å². The average Bonchev–Trinajstić information content (AvgIpc) is 2.49. The van der Waals surface area contributed by atoms with Crippen LogP contribution in [0.2, 0.25) is 0 Å². The summed E-state index contributed by atoms with van der Waals surface area (Å²) in [6.07, 6.45) is 1.68. The lowest BCUT2D eigenvalue weighted by Gasteiger charge is -2.11. The number of hydrogen-bond donors (Lipinski definition) is 1. The van der Waals surface area contributed by atoms with E-state index >= 15 is 0 Å². The number of para-hydroxylation sites is 2. The molecule has 6 heteroatoms. The van der Waals surface area contributed by atoms with Gasteiger partial charge < -0.3 is 19.8 Å². The maximum absolute atomic E-state index is 12.1. The zero-order valence-corrected chi connectivity index (χ0v) is 12.4. The van der Waals surface area contributed by atoms with Crippen molar-refractivity contribution >= 4 is 17.2 Å². The molecule has 0 fully saturated rings. The summed E-state index contributed by atoms with van der Waals surface area (Å²) in [6, 6.07) is 10.7. The fourth-order valence-electron chi connectivity index (χ4n) is 1.89. The summed E-state index contributed by atoms with van der Waals surface area (Å²) in [6.45, 7) is 0.731. The Hall–Kier alpha value is -2.34. The number of rotatable bonds is 6. The molecule has 0 aliphatic rings. The minimum Gasteiger partial charge on any atom is -0.493 e. The Kier molecular flexibility index (Phi) is 4.94. The minimum absolute atomic E-state index is 0.0972. The molecule has 2 aromatic rings. The van der Waals surface area contributed by atoms with Gasteiger partial charge in [0.2, 0.25) is 0 Å². The van der Waals surface area contributed by atoms with Crippen LogP contribution in [-0.2, 0) is 6.54 Å². The number of nitrogens with zero attached hydrogens (tertiary/aromatic N) is 1. The Labute approximate surface area is 127 Å². The molecule has 0 bridgehead atoms. The van der Waals surface area contributed by atoms with Crippen molar-refractivity contribution in [3.8, 4) is 11.5 Å². The molecule has 1 aromatic carbocycles. The molecule has 0 spiro atoms. The second-order valence-corrected chi connectivity index (χ2v) is 4.72. The lowest BCUT2D eigenvalue weighted by Crippen LogP contribution is -2.29. The van der Waals surface area contributed by atoms with E-state index in [1.807, 2.05) is 24.3 Å². The fraction of sp³-hybridized carbons (Fsp3) is 0.200. The van der Waals surface area contributed by atoms with Gasteiger partial charge in [-0.2, -0.15) is 0 Å². The lowest BCUT2D eigenvalue weighted by molar-refractivity contribution is 0.278. The van der Waals surface area contributed by atoms with Crippen molar-refractivity contribution < 1.29 is 9.47 Å². The highest BCUT2D eigenvalue weighted by atomic mass is 32.1. The molecule has 21 heavy (non-hydrogen) atoms. The van der Waals surface area contributed by atoms with Crippen molar-refractivity contribution in [2.24, 2.45) is 5.73 Å². The molecule has 0 unspecified atom stereocenters. The van der Waals surface area contributed by atoms with E-state index < -0.39 is 0 Å². The summed E-state index contributed by atoms with van der Waals surface area (Å²) in [7, 11) is 1.58. The van der Waals surface area contributed by atoms with Crippen LogP contribution in [0.4, 0.5) is 0 Å². The van der Waals surface area contributed by atoms with Gasteiger partial charge in [0.25, 0.3) is 5.56 Å². The molecule has 0 aliphatic carbocycles. The zero-order chi connectivity index (χ0) is 15.2. The molecular weight excluding hydrogens is 288 g/mol. The van der Waals surface area contributed by atoms with Gasteiger partial charge in [-0.05, 0) is 24.3 Å². The molecule has 0 aliphatic heterocycles. The molecule has 5 nitrogen and oxygen atoms in total. The summed E-state index contributed by atoms with van der Waals surface area (Å²) in [5.41, 5.74) is 5.63. The first-order valence-corrected chi connectivity index (χ1v) is 6.79. The third-order valence-electron chi connectivity index (χ3n) is 2.94. The van der Waals surface area contributed by atoms with Crippen LogP contribution in [0.3, 0.4) is 0 Å². The van der Waals surface area contributed by atoms with E-state index in [2.05, 4.69) is 0 Å². The lowest BCUT2D eigenvalue weighted by atomic mass is 10.3. The van der Waals surface area contributed by atoms with Crippen LogP contribution in [0.5, 0.6) is 11.5 Å². The first-order chi connectivity index (χ1) is 10.1. The molecule has 2 rings (SSSR count). The number of thiocarbonyl (C=S) groups is 1. The fourth-order valence-corrected chi connectivity index (χ4v) is 2.05. The summed E-state index contributed by atoms with van der Waals surface area (Å²) < 4.78 is 12.4. The highest BCUT2D eigenvalue weighted by Crippen LogP contribution is 2.25. The quantitative estimate of drug-likeness (QED) is 0.821. The Morgan fingerprint density at radius 1 is 1.24 bits per heavy atom. The largest absolute Gasteiger partial charge is 0.493 e. The number of methoxy groups -OCH3 is 1. The number of hydrogen-bond acceptors (Lipinski definition) is 4. The molecule has 0 atom stereocenters. The van der Waals surface area contributed by atoms with Gasteiger partial charge in [0, 0.05) is 6.20 Å². The number of benzene rings is 1. The van der Waals surface area contributed by atoms with Crippen molar-refractivity contribution in [1.29, 1.82) is 0 Å². The van der Waals surface area contributed by atoms with Crippen molar-refractivity contribution in [1.82, 2.24) is 4.57 Å². The first-order valence-electron chi connectivity index (χ1n) is 6.38. The molecule has 0 saturated heterocycles. The molecule has 0 saturated carbocycles. The highest BCUT2D eigenvalue weighted by Gasteiger charge is 2.06. The Balaban J connectivity index is 2.06. The van der Waals surface area contributed by atoms with Crippen molar-refractivity contribution in [2.45, 2.75) is 6.54 Å². The molecule has 0 amide bonds. The molecule has 0 radical (unpaired) electrons. The summed E-state index contributed by atoms with van der Waals surface area (Å²) >= 11 is 4.85. The normalized spacial score (nSPS) is 10.1. The van der Waals surface area contributed by atoms with Gasteiger partial charge in [-0.25, -0.2) is 0 Å².